The molecule has 0 aliphatic carbocycles. The zero-order chi connectivity index (χ0) is 13.2. The molecular formula is C11H12BrF4N. The maximum Gasteiger partial charge on any atom is 0.416 e. The molecule has 0 saturated carbocycles. The van der Waals surface area contributed by atoms with E-state index in [9.17, 15) is 17.6 Å². The Morgan fingerprint density at radius 2 is 1.94 bits per heavy atom. The summed E-state index contributed by atoms with van der Waals surface area (Å²) in [5.41, 5.74) is -0.816. The van der Waals surface area contributed by atoms with Gasteiger partial charge in [0, 0.05) is 18.4 Å². The predicted octanol–water partition coefficient (Wildman–Crippen LogP) is 4.06. The van der Waals surface area contributed by atoms with Gasteiger partial charge >= 0.3 is 6.18 Å². The molecule has 1 atom stereocenters. The summed E-state index contributed by atoms with van der Waals surface area (Å²) < 4.78 is 50.5. The summed E-state index contributed by atoms with van der Waals surface area (Å²) in [6.45, 7) is 2.38. The van der Waals surface area contributed by atoms with Gasteiger partial charge in [0.25, 0.3) is 0 Å². The van der Waals surface area contributed by atoms with Gasteiger partial charge in [0.2, 0.25) is 0 Å². The van der Waals surface area contributed by atoms with Crippen LogP contribution in [0.15, 0.2) is 18.2 Å². The summed E-state index contributed by atoms with van der Waals surface area (Å²) in [6.07, 6.45) is -4.51. The van der Waals surface area contributed by atoms with Crippen LogP contribution in [0.5, 0.6) is 0 Å². The van der Waals surface area contributed by atoms with Gasteiger partial charge in [0.15, 0.2) is 0 Å². The van der Waals surface area contributed by atoms with Gasteiger partial charge in [-0.05, 0) is 18.2 Å². The Bertz CT molecular complexity index is 390. The van der Waals surface area contributed by atoms with Crippen molar-refractivity contribution in [3.05, 3.63) is 29.6 Å². The fourth-order valence-electron chi connectivity index (χ4n) is 1.47. The number of nitrogens with zero attached hydrogens (tertiary/aromatic N) is 1. The summed E-state index contributed by atoms with van der Waals surface area (Å²) in [6, 6.07) is 2.55. The quantitative estimate of drug-likeness (QED) is 0.601. The van der Waals surface area contributed by atoms with Crippen molar-refractivity contribution in [2.45, 2.75) is 17.9 Å². The van der Waals surface area contributed by atoms with Crippen LogP contribution in [0.2, 0.25) is 0 Å². The minimum atomic E-state index is -4.51. The molecule has 0 aliphatic heterocycles. The first-order valence-corrected chi connectivity index (χ1v) is 5.85. The second-order valence-electron chi connectivity index (χ2n) is 3.83. The minimum absolute atomic E-state index is 0.120. The van der Waals surface area contributed by atoms with Gasteiger partial charge in [0.1, 0.15) is 5.82 Å². The summed E-state index contributed by atoms with van der Waals surface area (Å²) in [5.74, 6) is -0.865. The Kier molecular flexibility index (Phi) is 4.41. The Morgan fingerprint density at radius 3 is 2.35 bits per heavy atom. The smallest absolute Gasteiger partial charge is 0.371 e. The normalized spacial score (nSPS) is 13.6. The lowest BCUT2D eigenvalue weighted by atomic mass is 10.2. The first kappa shape index (κ1) is 14.3. The van der Waals surface area contributed by atoms with E-state index < -0.39 is 17.6 Å². The van der Waals surface area contributed by atoms with E-state index in [2.05, 4.69) is 15.9 Å². The first-order chi connectivity index (χ1) is 7.71. The third-order valence-corrected chi connectivity index (χ3v) is 2.50. The molecule has 0 bridgehead atoms. The van der Waals surface area contributed by atoms with Gasteiger partial charge < -0.3 is 4.90 Å². The molecule has 1 aromatic carbocycles. The predicted molar refractivity (Wildman–Crippen MR) is 63.1 cm³/mol. The van der Waals surface area contributed by atoms with Gasteiger partial charge in [-0.1, -0.05) is 22.9 Å². The summed E-state index contributed by atoms with van der Waals surface area (Å²) >= 11 is 3.30. The lowest BCUT2D eigenvalue weighted by Gasteiger charge is -2.22. The van der Waals surface area contributed by atoms with Gasteiger partial charge in [-0.15, -0.1) is 0 Å². The maximum atomic E-state index is 13.5. The maximum absolute atomic E-state index is 13.5. The molecule has 0 heterocycles. The van der Waals surface area contributed by atoms with E-state index in [0.717, 1.165) is 12.1 Å². The van der Waals surface area contributed by atoms with Crippen LogP contribution >= 0.6 is 15.9 Å². The molecule has 1 aromatic rings. The molecule has 0 amide bonds. The molecule has 1 rings (SSSR count). The molecular weight excluding hydrogens is 302 g/mol. The molecule has 0 aromatic heterocycles. The zero-order valence-corrected chi connectivity index (χ0v) is 10.9. The van der Waals surface area contributed by atoms with Crippen molar-refractivity contribution >= 4 is 21.6 Å². The standard InChI is InChI=1S/C11H12BrF4N/c1-7(12)6-17(2)10-4-3-8(5-9(10)13)11(14,15)16/h3-5,7H,6H2,1-2H3. The number of rotatable bonds is 3. The molecule has 0 N–H and O–H groups in total. The topological polar surface area (TPSA) is 3.24 Å². The Balaban J connectivity index is 2.98. The molecule has 1 unspecified atom stereocenters. The van der Waals surface area contributed by atoms with E-state index in [1.807, 2.05) is 6.92 Å². The number of halogens is 5. The van der Waals surface area contributed by atoms with Crippen molar-refractivity contribution in [2.75, 3.05) is 18.5 Å². The SMILES string of the molecule is CC(Br)CN(C)c1ccc(C(F)(F)F)cc1F. The van der Waals surface area contributed by atoms with Crippen molar-refractivity contribution in [2.24, 2.45) is 0 Å². The van der Waals surface area contributed by atoms with Crippen LogP contribution in [0.3, 0.4) is 0 Å². The van der Waals surface area contributed by atoms with Crippen LogP contribution in [-0.4, -0.2) is 18.4 Å². The molecule has 0 saturated heterocycles. The second-order valence-corrected chi connectivity index (χ2v) is 5.39. The van der Waals surface area contributed by atoms with Crippen molar-refractivity contribution in [1.29, 1.82) is 0 Å². The molecule has 1 nitrogen and oxygen atoms in total. The van der Waals surface area contributed by atoms with Crippen molar-refractivity contribution in [1.82, 2.24) is 0 Å². The molecule has 0 fully saturated rings. The summed E-state index contributed by atoms with van der Waals surface area (Å²) in [5, 5.41) is 0. The Hall–Kier alpha value is -0.780. The van der Waals surface area contributed by atoms with Crippen molar-refractivity contribution in [3.8, 4) is 0 Å². The fraction of sp³-hybridized carbons (Fsp3) is 0.455. The van der Waals surface area contributed by atoms with E-state index in [1.165, 1.54) is 0 Å². The van der Waals surface area contributed by atoms with E-state index in [0.29, 0.717) is 12.6 Å². The highest BCUT2D eigenvalue weighted by Crippen LogP contribution is 2.32. The monoisotopic (exact) mass is 313 g/mol. The van der Waals surface area contributed by atoms with Crippen LogP contribution in [-0.2, 0) is 6.18 Å². The van der Waals surface area contributed by atoms with Crippen LogP contribution in [0.1, 0.15) is 12.5 Å². The molecule has 0 spiro atoms. The van der Waals surface area contributed by atoms with Crippen LogP contribution in [0.25, 0.3) is 0 Å². The first-order valence-electron chi connectivity index (χ1n) is 4.93. The third kappa shape index (κ3) is 3.87. The number of hydrogen-bond acceptors (Lipinski definition) is 1. The van der Waals surface area contributed by atoms with Crippen LogP contribution in [0.4, 0.5) is 23.2 Å². The Labute approximate surface area is 106 Å². The third-order valence-electron chi connectivity index (χ3n) is 2.21. The number of alkyl halides is 4. The van der Waals surface area contributed by atoms with Crippen molar-refractivity contribution in [3.63, 3.8) is 0 Å². The van der Waals surface area contributed by atoms with E-state index in [-0.39, 0.29) is 10.5 Å². The molecule has 0 radical (unpaired) electrons. The number of benzene rings is 1. The molecule has 0 aliphatic rings. The van der Waals surface area contributed by atoms with Gasteiger partial charge in [0.05, 0.1) is 11.3 Å². The van der Waals surface area contributed by atoms with E-state index in [4.69, 9.17) is 0 Å². The lowest BCUT2D eigenvalue weighted by molar-refractivity contribution is -0.137. The average Bonchev–Trinajstić information content (AvgIpc) is 2.14. The van der Waals surface area contributed by atoms with E-state index in [1.54, 1.807) is 11.9 Å². The highest BCUT2D eigenvalue weighted by Gasteiger charge is 2.31. The summed E-state index contributed by atoms with van der Waals surface area (Å²) in [4.78, 5) is 1.68. The fourth-order valence-corrected chi connectivity index (χ4v) is 1.90. The number of anilines is 1. The minimum Gasteiger partial charge on any atom is -0.371 e. The highest BCUT2D eigenvalue weighted by molar-refractivity contribution is 9.09. The van der Waals surface area contributed by atoms with Crippen molar-refractivity contribution < 1.29 is 17.6 Å². The molecule has 6 heteroatoms. The highest BCUT2D eigenvalue weighted by atomic mass is 79.9. The second kappa shape index (κ2) is 5.25. The summed E-state index contributed by atoms with van der Waals surface area (Å²) in [7, 11) is 1.63. The van der Waals surface area contributed by atoms with Gasteiger partial charge in [-0.25, -0.2) is 4.39 Å². The molecule has 96 valence electrons. The lowest BCUT2D eigenvalue weighted by Crippen LogP contribution is -2.25. The number of hydrogen-bond donors (Lipinski definition) is 0. The van der Waals surface area contributed by atoms with E-state index >= 15 is 0 Å². The van der Waals surface area contributed by atoms with Crippen LogP contribution in [0, 0.1) is 5.82 Å². The van der Waals surface area contributed by atoms with Gasteiger partial charge in [-0.3, -0.25) is 0 Å². The largest absolute Gasteiger partial charge is 0.416 e. The Morgan fingerprint density at radius 1 is 1.35 bits per heavy atom. The van der Waals surface area contributed by atoms with Crippen LogP contribution < -0.4 is 4.90 Å². The zero-order valence-electron chi connectivity index (χ0n) is 9.35. The average molecular weight is 314 g/mol. The van der Waals surface area contributed by atoms with Gasteiger partial charge in [-0.2, -0.15) is 13.2 Å². The molecule has 17 heavy (non-hydrogen) atoms.